The fourth-order valence-electron chi connectivity index (χ4n) is 1.81. The third-order valence-corrected chi connectivity index (χ3v) is 2.87. The van der Waals surface area contributed by atoms with Crippen molar-refractivity contribution in [2.45, 2.75) is 12.7 Å². The van der Waals surface area contributed by atoms with Gasteiger partial charge in [0, 0.05) is 24.5 Å². The number of pyridine rings is 1. The molecule has 2 rings (SSSR count). The Hall–Kier alpha value is -2.54. The lowest BCUT2D eigenvalue weighted by Gasteiger charge is -2.13. The molecule has 0 bridgehead atoms. The molecule has 0 aliphatic heterocycles. The van der Waals surface area contributed by atoms with Crippen LogP contribution in [0.25, 0.3) is 0 Å². The van der Waals surface area contributed by atoms with Crippen LogP contribution in [-0.4, -0.2) is 29.2 Å². The molecule has 0 spiro atoms. The molecule has 0 aliphatic carbocycles. The van der Waals surface area contributed by atoms with Gasteiger partial charge in [-0.3, -0.25) is 9.78 Å². The molecule has 1 aromatic heterocycles. The van der Waals surface area contributed by atoms with Crippen LogP contribution in [0, 0.1) is 0 Å². The first kappa shape index (κ1) is 15.8. The van der Waals surface area contributed by atoms with Crippen molar-refractivity contribution in [3.8, 4) is 5.75 Å². The van der Waals surface area contributed by atoms with Crippen LogP contribution < -0.4 is 10.1 Å². The summed E-state index contributed by atoms with van der Waals surface area (Å²) in [6.07, 6.45) is 1.93. The van der Waals surface area contributed by atoms with Crippen LogP contribution in [0.1, 0.15) is 22.0 Å². The van der Waals surface area contributed by atoms with E-state index in [1.165, 1.54) is 30.6 Å². The minimum atomic E-state index is -2.93. The second kappa shape index (κ2) is 7.46. The van der Waals surface area contributed by atoms with Crippen molar-refractivity contribution in [2.24, 2.45) is 0 Å². The van der Waals surface area contributed by atoms with Gasteiger partial charge in [0.1, 0.15) is 5.75 Å². The van der Waals surface area contributed by atoms with E-state index in [4.69, 9.17) is 0 Å². The van der Waals surface area contributed by atoms with Crippen molar-refractivity contribution in [3.05, 3.63) is 59.9 Å². The largest absolute Gasteiger partial charge is 0.435 e. The molecule has 2 N–H and O–H groups in total. The van der Waals surface area contributed by atoms with Crippen molar-refractivity contribution in [1.29, 1.82) is 0 Å². The summed E-state index contributed by atoms with van der Waals surface area (Å²) in [5.41, 5.74) is 0.783. The smallest absolute Gasteiger partial charge is 0.387 e. The third-order valence-electron chi connectivity index (χ3n) is 2.87. The lowest BCUT2D eigenvalue weighted by molar-refractivity contribution is -0.0499. The number of aliphatic hydroxyl groups is 1. The number of rotatable bonds is 6. The van der Waals surface area contributed by atoms with Crippen LogP contribution in [0.2, 0.25) is 0 Å². The zero-order valence-corrected chi connectivity index (χ0v) is 11.4. The lowest BCUT2D eigenvalue weighted by Crippen LogP contribution is -2.28. The van der Waals surface area contributed by atoms with E-state index in [1.54, 1.807) is 18.2 Å². The molecule has 1 aromatic carbocycles. The molecule has 7 heteroatoms. The Bertz CT molecular complexity index is 623. The maximum Gasteiger partial charge on any atom is 0.387 e. The summed E-state index contributed by atoms with van der Waals surface area (Å²) in [5, 5.41) is 12.6. The summed E-state index contributed by atoms with van der Waals surface area (Å²) < 4.78 is 28.6. The molecule has 1 unspecified atom stereocenters. The maximum absolute atomic E-state index is 12.1. The summed E-state index contributed by atoms with van der Waals surface area (Å²) in [6.45, 7) is -2.99. The van der Waals surface area contributed by atoms with Crippen LogP contribution in [0.5, 0.6) is 5.75 Å². The second-order valence-electron chi connectivity index (χ2n) is 4.41. The number of alkyl halides is 2. The number of amides is 1. The highest BCUT2D eigenvalue weighted by molar-refractivity contribution is 5.93. The molecule has 1 heterocycles. The SMILES string of the molecule is O=C(NCC(O)c1cccc(OC(F)F)c1)c1ccncc1. The van der Waals surface area contributed by atoms with Gasteiger partial charge in [-0.15, -0.1) is 0 Å². The minimum Gasteiger partial charge on any atom is -0.435 e. The van der Waals surface area contributed by atoms with Gasteiger partial charge in [-0.25, -0.2) is 0 Å². The van der Waals surface area contributed by atoms with Gasteiger partial charge in [0.15, 0.2) is 0 Å². The molecule has 0 saturated heterocycles. The average Bonchev–Trinajstić information content (AvgIpc) is 2.52. The van der Waals surface area contributed by atoms with E-state index in [0.717, 1.165) is 0 Å². The van der Waals surface area contributed by atoms with Crippen molar-refractivity contribution >= 4 is 5.91 Å². The highest BCUT2D eigenvalue weighted by Crippen LogP contribution is 2.20. The Morgan fingerprint density at radius 2 is 2.00 bits per heavy atom. The fraction of sp³-hybridized carbons (Fsp3) is 0.200. The fourth-order valence-corrected chi connectivity index (χ4v) is 1.81. The second-order valence-corrected chi connectivity index (χ2v) is 4.41. The summed E-state index contributed by atoms with van der Waals surface area (Å²) >= 11 is 0. The number of aliphatic hydroxyl groups excluding tert-OH is 1. The summed E-state index contributed by atoms with van der Waals surface area (Å²) in [5.74, 6) is -0.409. The van der Waals surface area contributed by atoms with Gasteiger partial charge >= 0.3 is 6.61 Å². The van der Waals surface area contributed by atoms with Crippen LogP contribution in [0.15, 0.2) is 48.8 Å². The topological polar surface area (TPSA) is 71.5 Å². The normalized spacial score (nSPS) is 12.0. The van der Waals surface area contributed by atoms with Crippen molar-refractivity contribution in [2.75, 3.05) is 6.54 Å². The molecule has 116 valence electrons. The van der Waals surface area contributed by atoms with Gasteiger partial charge in [-0.2, -0.15) is 8.78 Å². The molecular weight excluding hydrogens is 294 g/mol. The van der Waals surface area contributed by atoms with E-state index in [2.05, 4.69) is 15.0 Å². The number of carbonyl (C=O) groups is 1. The van der Waals surface area contributed by atoms with Crippen LogP contribution in [-0.2, 0) is 0 Å². The average molecular weight is 308 g/mol. The Balaban J connectivity index is 1.94. The first-order valence-corrected chi connectivity index (χ1v) is 6.47. The number of nitrogens with one attached hydrogen (secondary N) is 1. The van der Waals surface area contributed by atoms with Crippen LogP contribution in [0.4, 0.5) is 8.78 Å². The highest BCUT2D eigenvalue weighted by Gasteiger charge is 2.12. The molecule has 22 heavy (non-hydrogen) atoms. The van der Waals surface area contributed by atoms with Crippen LogP contribution >= 0.6 is 0 Å². The third kappa shape index (κ3) is 4.49. The van der Waals surface area contributed by atoms with Gasteiger partial charge in [-0.1, -0.05) is 12.1 Å². The molecule has 0 aliphatic rings. The molecule has 2 aromatic rings. The van der Waals surface area contributed by atoms with Crippen molar-refractivity contribution < 1.29 is 23.4 Å². The monoisotopic (exact) mass is 308 g/mol. The Labute approximate surface area is 125 Å². The summed E-state index contributed by atoms with van der Waals surface area (Å²) in [7, 11) is 0. The van der Waals surface area contributed by atoms with E-state index in [-0.39, 0.29) is 18.2 Å². The maximum atomic E-state index is 12.1. The number of halogens is 2. The Kier molecular flexibility index (Phi) is 5.37. The zero-order valence-electron chi connectivity index (χ0n) is 11.4. The molecule has 0 fully saturated rings. The number of hydrogen-bond donors (Lipinski definition) is 2. The molecule has 0 saturated carbocycles. The van der Waals surface area contributed by atoms with Gasteiger partial charge in [-0.05, 0) is 29.8 Å². The van der Waals surface area contributed by atoms with Crippen molar-refractivity contribution in [1.82, 2.24) is 10.3 Å². The molecule has 0 radical (unpaired) electrons. The number of hydrogen-bond acceptors (Lipinski definition) is 4. The predicted octanol–water partition coefficient (Wildman–Crippen LogP) is 2.15. The van der Waals surface area contributed by atoms with Gasteiger partial charge in [0.2, 0.25) is 0 Å². The predicted molar refractivity (Wildman–Crippen MR) is 74.6 cm³/mol. The molecular formula is C15H14F2N2O3. The number of ether oxygens (including phenoxy) is 1. The standard InChI is InChI=1S/C15H14F2N2O3/c16-15(17)22-12-3-1-2-11(8-12)13(20)9-19-14(21)10-4-6-18-7-5-10/h1-8,13,15,20H,9H2,(H,19,21). The van der Waals surface area contributed by atoms with E-state index in [9.17, 15) is 18.7 Å². The highest BCUT2D eigenvalue weighted by atomic mass is 19.3. The first-order valence-electron chi connectivity index (χ1n) is 6.47. The summed E-state index contributed by atoms with van der Waals surface area (Å²) in [4.78, 5) is 15.6. The number of nitrogens with zero attached hydrogens (tertiary/aromatic N) is 1. The minimum absolute atomic E-state index is 0.0491. The van der Waals surface area contributed by atoms with Gasteiger partial charge in [0.25, 0.3) is 5.91 Å². The number of benzene rings is 1. The van der Waals surface area contributed by atoms with Crippen LogP contribution in [0.3, 0.4) is 0 Å². The van der Waals surface area contributed by atoms with E-state index in [1.807, 2.05) is 0 Å². The van der Waals surface area contributed by atoms with Gasteiger partial charge < -0.3 is 15.2 Å². The zero-order chi connectivity index (χ0) is 15.9. The molecule has 1 amide bonds. The quantitative estimate of drug-likeness (QED) is 0.858. The lowest BCUT2D eigenvalue weighted by atomic mass is 10.1. The van der Waals surface area contributed by atoms with Crippen molar-refractivity contribution in [3.63, 3.8) is 0 Å². The van der Waals surface area contributed by atoms with Gasteiger partial charge in [0.05, 0.1) is 6.10 Å². The molecule has 5 nitrogen and oxygen atoms in total. The number of carbonyl (C=O) groups excluding carboxylic acids is 1. The van der Waals surface area contributed by atoms with E-state index >= 15 is 0 Å². The van der Waals surface area contributed by atoms with E-state index in [0.29, 0.717) is 11.1 Å². The Morgan fingerprint density at radius 3 is 2.68 bits per heavy atom. The number of aromatic nitrogens is 1. The summed E-state index contributed by atoms with van der Waals surface area (Å²) in [6, 6.07) is 8.79. The first-order chi connectivity index (χ1) is 10.6. The molecule has 1 atom stereocenters. The Morgan fingerprint density at radius 1 is 1.27 bits per heavy atom. The van der Waals surface area contributed by atoms with E-state index < -0.39 is 12.7 Å².